The monoisotopic (exact) mass is 826 g/mol. The van der Waals surface area contributed by atoms with Crippen molar-refractivity contribution in [2.75, 3.05) is 0 Å². The van der Waals surface area contributed by atoms with E-state index in [0.29, 0.717) is 0 Å². The van der Waals surface area contributed by atoms with Crippen molar-refractivity contribution in [2.24, 2.45) is 0 Å². The normalized spacial score (nSPS) is 21.8. The third-order valence-electron chi connectivity index (χ3n) is 16.8. The highest BCUT2D eigenvalue weighted by molar-refractivity contribution is 7.61. The largest absolute Gasteiger partial charge is 0.0843 e. The zero-order chi connectivity index (χ0) is 39.9. The van der Waals surface area contributed by atoms with E-state index in [1.807, 2.05) is 0 Å². The molecule has 310 valence electrons. The number of hydrogen-bond donors (Lipinski definition) is 0. The average Bonchev–Trinajstić information content (AvgIpc) is 3.76. The molecule has 0 atom stereocenters. The molecule has 0 N–H and O–H groups in total. The highest BCUT2D eigenvalue weighted by atomic mass is 31.1. The van der Waals surface area contributed by atoms with Gasteiger partial charge in [0, 0.05) is 10.3 Å². The van der Waals surface area contributed by atoms with E-state index < -0.39 is 0 Å². The summed E-state index contributed by atoms with van der Waals surface area (Å²) in [5, 5.41) is 0.157. The fourth-order valence-electron chi connectivity index (χ4n) is 14.4. The number of hydrogen-bond acceptors (Lipinski definition) is 0. The lowest BCUT2D eigenvalue weighted by atomic mass is 9.86. The molecule has 60 heavy (non-hydrogen) atoms. The molecule has 0 aliphatic heterocycles. The highest BCUT2D eigenvalue weighted by Gasteiger charge is 2.55. The molecular formula is C58H68P2. The predicted molar refractivity (Wildman–Crippen MR) is 260 cm³/mol. The minimum atomic E-state index is -0.285. The second-order valence-electron chi connectivity index (χ2n) is 20.1. The zero-order valence-electron chi connectivity index (χ0n) is 36.3. The van der Waals surface area contributed by atoms with Gasteiger partial charge in [-0.2, -0.15) is 0 Å². The van der Waals surface area contributed by atoms with Crippen molar-refractivity contribution in [3.05, 3.63) is 155 Å². The topological polar surface area (TPSA) is 0 Å². The molecular weight excluding hydrogens is 759 g/mol. The Kier molecular flexibility index (Phi) is 11.4. The van der Waals surface area contributed by atoms with Crippen LogP contribution in [0.5, 0.6) is 0 Å². The molecule has 6 aliphatic carbocycles. The van der Waals surface area contributed by atoms with Crippen LogP contribution in [-0.4, -0.2) is 22.6 Å². The standard InChI is InChI=1S/C58H68P2/c1-5-21-45(22-6-1)59(46-23-7-2-8-24-46)57(53-33-17-13-29-49(53)50-30-14-18-34-54(50)57)41-43-37-39-44(40-38-43)42-58(55-35-19-15-31-51(55)52-32-16-20-36-56(52)58)60(47-25-9-3-10-26-47)48-27-11-4-12-28-48/h13-20,29-40,45-48H,1-12,21-28,41-42H2. The summed E-state index contributed by atoms with van der Waals surface area (Å²) in [5.41, 5.74) is 19.4. The van der Waals surface area contributed by atoms with Gasteiger partial charge in [0.15, 0.2) is 0 Å². The van der Waals surface area contributed by atoms with Crippen molar-refractivity contribution in [2.45, 2.75) is 174 Å². The summed E-state index contributed by atoms with van der Waals surface area (Å²) in [5.74, 6) is 0. The molecule has 5 aromatic rings. The van der Waals surface area contributed by atoms with Crippen molar-refractivity contribution >= 4 is 15.8 Å². The molecule has 0 heterocycles. The van der Waals surface area contributed by atoms with Gasteiger partial charge in [0.05, 0.1) is 0 Å². The van der Waals surface area contributed by atoms with E-state index in [4.69, 9.17) is 0 Å². The maximum absolute atomic E-state index is 2.64. The minimum Gasteiger partial charge on any atom is -0.0843 e. The third-order valence-corrected chi connectivity index (χ3v) is 25.0. The van der Waals surface area contributed by atoms with Gasteiger partial charge in [-0.15, -0.1) is 0 Å². The Hall–Kier alpha value is -3.04. The molecule has 11 rings (SSSR count). The van der Waals surface area contributed by atoms with E-state index in [0.717, 1.165) is 35.5 Å². The third kappa shape index (κ3) is 6.84. The van der Waals surface area contributed by atoms with Crippen molar-refractivity contribution in [1.29, 1.82) is 0 Å². The summed E-state index contributed by atoms with van der Waals surface area (Å²) in [4.78, 5) is 0. The fourth-order valence-corrected chi connectivity index (χ4v) is 24.4. The summed E-state index contributed by atoms with van der Waals surface area (Å²) in [6, 6.07) is 49.6. The molecule has 0 radical (unpaired) electrons. The van der Waals surface area contributed by atoms with Gasteiger partial charge in [0.25, 0.3) is 0 Å². The molecule has 0 aromatic heterocycles. The first-order valence-corrected chi connectivity index (χ1v) is 27.8. The predicted octanol–water partition coefficient (Wildman–Crippen LogP) is 16.9. The first-order chi connectivity index (χ1) is 29.8. The van der Waals surface area contributed by atoms with E-state index in [9.17, 15) is 0 Å². The van der Waals surface area contributed by atoms with Gasteiger partial charge in [-0.05, 0) is 142 Å². The maximum Gasteiger partial charge on any atom is 0.0458 e. The molecule has 0 bridgehead atoms. The summed E-state index contributed by atoms with van der Waals surface area (Å²) in [7, 11) is -0.571. The molecule has 2 heteroatoms. The number of benzene rings is 5. The molecule has 0 unspecified atom stereocenters. The Labute approximate surface area is 365 Å². The second-order valence-corrected chi connectivity index (χ2v) is 26.1. The zero-order valence-corrected chi connectivity index (χ0v) is 38.1. The van der Waals surface area contributed by atoms with Crippen LogP contribution in [0, 0.1) is 0 Å². The molecule has 5 aromatic carbocycles. The Bertz CT molecular complexity index is 1960. The average molecular weight is 827 g/mol. The van der Waals surface area contributed by atoms with E-state index in [-0.39, 0.29) is 26.2 Å². The molecule has 4 fully saturated rings. The molecule has 0 amide bonds. The summed E-state index contributed by atoms with van der Waals surface area (Å²) in [6.45, 7) is 0. The number of fused-ring (bicyclic) bond motifs is 6. The van der Waals surface area contributed by atoms with Crippen LogP contribution in [0.25, 0.3) is 22.3 Å². The van der Waals surface area contributed by atoms with Gasteiger partial charge in [0.1, 0.15) is 0 Å². The maximum atomic E-state index is 2.64. The molecule has 6 aliphatic rings. The fraction of sp³-hybridized carbons (Fsp3) is 0.483. The quantitative estimate of drug-likeness (QED) is 0.123. The smallest absolute Gasteiger partial charge is 0.0458 e. The second kappa shape index (κ2) is 17.3. The van der Waals surface area contributed by atoms with Crippen LogP contribution in [0.3, 0.4) is 0 Å². The van der Waals surface area contributed by atoms with Crippen molar-refractivity contribution in [1.82, 2.24) is 0 Å². The lowest BCUT2D eigenvalue weighted by molar-refractivity contribution is 0.474. The van der Waals surface area contributed by atoms with E-state index in [2.05, 4.69) is 121 Å². The van der Waals surface area contributed by atoms with Crippen LogP contribution in [0.1, 0.15) is 162 Å². The van der Waals surface area contributed by atoms with Crippen LogP contribution in [-0.2, 0) is 23.2 Å². The van der Waals surface area contributed by atoms with E-state index in [1.54, 1.807) is 33.4 Å². The Morgan fingerprint density at radius 3 is 0.783 bits per heavy atom. The van der Waals surface area contributed by atoms with Gasteiger partial charge < -0.3 is 0 Å². The highest BCUT2D eigenvalue weighted by Crippen LogP contribution is 2.76. The van der Waals surface area contributed by atoms with Gasteiger partial charge >= 0.3 is 0 Å². The van der Waals surface area contributed by atoms with Crippen molar-refractivity contribution in [3.8, 4) is 22.3 Å². The number of rotatable bonds is 10. The minimum absolute atomic E-state index is 0.0783. The Balaban J connectivity index is 1.03. The van der Waals surface area contributed by atoms with E-state index in [1.165, 1.54) is 151 Å². The molecule has 0 saturated heterocycles. The van der Waals surface area contributed by atoms with Gasteiger partial charge in [-0.25, -0.2) is 0 Å². The van der Waals surface area contributed by atoms with Crippen molar-refractivity contribution < 1.29 is 0 Å². The van der Waals surface area contributed by atoms with Crippen LogP contribution in [0.2, 0.25) is 0 Å². The molecule has 0 nitrogen and oxygen atoms in total. The first-order valence-electron chi connectivity index (χ1n) is 24.8. The van der Waals surface area contributed by atoms with Gasteiger partial charge in [-0.1, -0.05) is 214 Å². The summed E-state index contributed by atoms with van der Waals surface area (Å²) >= 11 is 0. The lowest BCUT2D eigenvalue weighted by Gasteiger charge is -2.51. The van der Waals surface area contributed by atoms with E-state index >= 15 is 0 Å². The Morgan fingerprint density at radius 1 is 0.300 bits per heavy atom. The molecule has 0 spiro atoms. The van der Waals surface area contributed by atoms with Gasteiger partial charge in [-0.3, -0.25) is 0 Å². The van der Waals surface area contributed by atoms with Crippen molar-refractivity contribution in [3.63, 3.8) is 0 Å². The summed E-state index contributed by atoms with van der Waals surface area (Å²) < 4.78 is 0. The van der Waals surface area contributed by atoms with Crippen LogP contribution in [0.15, 0.2) is 121 Å². The van der Waals surface area contributed by atoms with Crippen LogP contribution >= 0.6 is 15.8 Å². The Morgan fingerprint density at radius 2 is 0.533 bits per heavy atom. The lowest BCUT2D eigenvalue weighted by Crippen LogP contribution is -2.36. The van der Waals surface area contributed by atoms with Crippen LogP contribution < -0.4 is 0 Å². The SMILES string of the molecule is c1ccc2c(c1)-c1ccccc1C2(Cc1ccc(CC2(P(C3CCCCC3)C3CCCCC3)c3ccccc3-c3ccccc32)cc1)P(C1CCCCC1)C1CCCCC1. The van der Waals surface area contributed by atoms with Crippen LogP contribution in [0.4, 0.5) is 0 Å². The van der Waals surface area contributed by atoms with Gasteiger partial charge in [0.2, 0.25) is 0 Å². The first kappa shape index (κ1) is 39.8. The summed E-state index contributed by atoms with van der Waals surface area (Å²) in [6.07, 6.45) is 31.1. The molecule has 4 saturated carbocycles.